The van der Waals surface area contributed by atoms with Crippen molar-refractivity contribution in [3.05, 3.63) is 30.3 Å². The van der Waals surface area contributed by atoms with Gasteiger partial charge >= 0.3 is 0 Å². The van der Waals surface area contributed by atoms with Crippen LogP contribution < -0.4 is 5.32 Å². The molecule has 12 heavy (non-hydrogen) atoms. The molecule has 2 aromatic heterocycles. The number of anilines is 2. The molecule has 0 aliphatic heterocycles. The molecule has 0 spiro atoms. The van der Waals surface area contributed by atoms with Crippen molar-refractivity contribution in [1.29, 1.82) is 0 Å². The lowest BCUT2D eigenvalue weighted by Gasteiger charge is -1.98. The Labute approximate surface area is 73.3 Å². The molecule has 0 aliphatic carbocycles. The van der Waals surface area contributed by atoms with Crippen LogP contribution >= 0.6 is 11.3 Å². The Hall–Kier alpha value is -1.49. The predicted molar refractivity (Wildman–Crippen MR) is 47.4 cm³/mol. The quantitative estimate of drug-likeness (QED) is 0.760. The Morgan fingerprint density at radius 1 is 1.25 bits per heavy atom. The summed E-state index contributed by atoms with van der Waals surface area (Å²) in [6, 6.07) is 0. The molecule has 0 aromatic carbocycles. The Bertz CT molecular complexity index is 332. The van der Waals surface area contributed by atoms with Crippen molar-refractivity contribution in [1.82, 2.24) is 15.0 Å². The molecule has 0 fully saturated rings. The Kier molecular flexibility index (Phi) is 1.96. The van der Waals surface area contributed by atoms with Gasteiger partial charge in [-0.05, 0) is 0 Å². The molecule has 0 saturated heterocycles. The number of hydrogen-bond acceptors (Lipinski definition) is 5. The van der Waals surface area contributed by atoms with E-state index < -0.39 is 0 Å². The topological polar surface area (TPSA) is 50.7 Å². The van der Waals surface area contributed by atoms with Crippen LogP contribution in [0.2, 0.25) is 0 Å². The normalized spacial score (nSPS) is 9.67. The zero-order valence-electron chi connectivity index (χ0n) is 6.14. The van der Waals surface area contributed by atoms with Gasteiger partial charge in [0.15, 0.2) is 5.13 Å². The van der Waals surface area contributed by atoms with Crippen LogP contribution in [0.25, 0.3) is 0 Å². The molecule has 0 amide bonds. The first-order valence-corrected chi connectivity index (χ1v) is 4.24. The first kappa shape index (κ1) is 7.17. The van der Waals surface area contributed by atoms with Crippen LogP contribution in [0, 0.1) is 0 Å². The third kappa shape index (κ3) is 1.57. The van der Waals surface area contributed by atoms with Crippen LogP contribution in [0.5, 0.6) is 0 Å². The van der Waals surface area contributed by atoms with Crippen LogP contribution in [-0.4, -0.2) is 15.0 Å². The average Bonchev–Trinajstić information content (AvgIpc) is 2.59. The van der Waals surface area contributed by atoms with Gasteiger partial charge in [0.1, 0.15) is 6.33 Å². The monoisotopic (exact) mass is 178 g/mol. The summed E-state index contributed by atoms with van der Waals surface area (Å²) in [5.74, 6) is 0. The van der Waals surface area contributed by atoms with Gasteiger partial charge < -0.3 is 5.32 Å². The number of hydrogen-bond donors (Lipinski definition) is 1. The van der Waals surface area contributed by atoms with Gasteiger partial charge in [-0.1, -0.05) is 0 Å². The van der Waals surface area contributed by atoms with E-state index in [1.807, 2.05) is 5.38 Å². The van der Waals surface area contributed by atoms with Gasteiger partial charge in [0.2, 0.25) is 0 Å². The lowest BCUT2D eigenvalue weighted by atomic mass is 10.5. The smallest absolute Gasteiger partial charge is 0.187 e. The van der Waals surface area contributed by atoms with Crippen LogP contribution in [0.1, 0.15) is 0 Å². The van der Waals surface area contributed by atoms with Crippen LogP contribution in [0.3, 0.4) is 0 Å². The second-order valence-corrected chi connectivity index (χ2v) is 2.98. The minimum atomic E-state index is 0.852. The van der Waals surface area contributed by atoms with E-state index >= 15 is 0 Å². The minimum absolute atomic E-state index is 0.852. The van der Waals surface area contributed by atoms with Crippen molar-refractivity contribution in [3.63, 3.8) is 0 Å². The van der Waals surface area contributed by atoms with E-state index in [9.17, 15) is 0 Å². The summed E-state index contributed by atoms with van der Waals surface area (Å²) in [5, 5.41) is 5.83. The zero-order valence-corrected chi connectivity index (χ0v) is 6.95. The molecule has 0 radical (unpaired) electrons. The highest BCUT2D eigenvalue weighted by Gasteiger charge is 1.94. The van der Waals surface area contributed by atoms with Gasteiger partial charge in [-0.25, -0.2) is 15.0 Å². The summed E-state index contributed by atoms with van der Waals surface area (Å²) < 4.78 is 0. The lowest BCUT2D eigenvalue weighted by molar-refractivity contribution is 1.17. The molecule has 4 nitrogen and oxygen atoms in total. The zero-order chi connectivity index (χ0) is 8.23. The van der Waals surface area contributed by atoms with Crippen molar-refractivity contribution in [2.24, 2.45) is 0 Å². The standard InChI is InChI=1S/C7H6N4S/c1-2-12-7(10-1)11-6-3-8-5-9-4-6/h1-5H,(H,10,11). The first-order valence-electron chi connectivity index (χ1n) is 3.37. The van der Waals surface area contributed by atoms with E-state index in [0.717, 1.165) is 10.8 Å². The van der Waals surface area contributed by atoms with E-state index in [2.05, 4.69) is 20.3 Å². The highest BCUT2D eigenvalue weighted by atomic mass is 32.1. The maximum Gasteiger partial charge on any atom is 0.187 e. The summed E-state index contributed by atoms with van der Waals surface area (Å²) >= 11 is 1.54. The number of thiazole rings is 1. The van der Waals surface area contributed by atoms with E-state index in [4.69, 9.17) is 0 Å². The number of nitrogens with zero attached hydrogens (tertiary/aromatic N) is 3. The molecule has 0 unspecified atom stereocenters. The molecule has 1 N–H and O–H groups in total. The minimum Gasteiger partial charge on any atom is -0.329 e. The molecular formula is C7H6N4S. The molecule has 2 rings (SSSR count). The van der Waals surface area contributed by atoms with E-state index in [1.54, 1.807) is 18.6 Å². The second kappa shape index (κ2) is 3.27. The van der Waals surface area contributed by atoms with Crippen molar-refractivity contribution in [2.75, 3.05) is 5.32 Å². The van der Waals surface area contributed by atoms with Crippen molar-refractivity contribution in [2.45, 2.75) is 0 Å². The van der Waals surface area contributed by atoms with Gasteiger partial charge in [-0.3, -0.25) is 0 Å². The Balaban J connectivity index is 2.15. The maximum atomic E-state index is 4.06. The van der Waals surface area contributed by atoms with Crippen LogP contribution in [0.15, 0.2) is 30.3 Å². The molecule has 2 aromatic rings. The summed E-state index contributed by atoms with van der Waals surface area (Å²) in [6.07, 6.45) is 6.65. The molecule has 0 atom stereocenters. The fourth-order valence-electron chi connectivity index (χ4n) is 0.772. The Morgan fingerprint density at radius 3 is 2.75 bits per heavy atom. The van der Waals surface area contributed by atoms with Gasteiger partial charge in [0.05, 0.1) is 18.1 Å². The number of aromatic nitrogens is 3. The predicted octanol–water partition coefficient (Wildman–Crippen LogP) is 1.68. The van der Waals surface area contributed by atoms with Crippen LogP contribution in [-0.2, 0) is 0 Å². The van der Waals surface area contributed by atoms with E-state index in [1.165, 1.54) is 17.7 Å². The fraction of sp³-hybridized carbons (Fsp3) is 0. The average molecular weight is 178 g/mol. The molecule has 60 valence electrons. The summed E-state index contributed by atoms with van der Waals surface area (Å²) in [4.78, 5) is 11.8. The summed E-state index contributed by atoms with van der Waals surface area (Å²) in [7, 11) is 0. The maximum absolute atomic E-state index is 4.06. The Morgan fingerprint density at radius 2 is 2.08 bits per heavy atom. The fourth-order valence-corrected chi connectivity index (χ4v) is 1.32. The highest BCUT2D eigenvalue weighted by molar-refractivity contribution is 7.13. The van der Waals surface area contributed by atoms with E-state index in [-0.39, 0.29) is 0 Å². The summed E-state index contributed by atoms with van der Waals surface area (Å²) in [6.45, 7) is 0. The number of nitrogens with one attached hydrogen (secondary N) is 1. The highest BCUT2D eigenvalue weighted by Crippen LogP contribution is 2.15. The van der Waals surface area contributed by atoms with Gasteiger partial charge in [-0.15, -0.1) is 11.3 Å². The largest absolute Gasteiger partial charge is 0.329 e. The van der Waals surface area contributed by atoms with Gasteiger partial charge in [0, 0.05) is 11.6 Å². The van der Waals surface area contributed by atoms with Gasteiger partial charge in [0.25, 0.3) is 0 Å². The molecule has 0 saturated carbocycles. The SMILES string of the molecule is c1ncc(Nc2nccs2)cn1. The molecule has 0 bridgehead atoms. The molecule has 2 heterocycles. The third-order valence-electron chi connectivity index (χ3n) is 1.24. The lowest BCUT2D eigenvalue weighted by Crippen LogP contribution is -1.90. The van der Waals surface area contributed by atoms with E-state index in [0.29, 0.717) is 0 Å². The van der Waals surface area contributed by atoms with Crippen molar-refractivity contribution < 1.29 is 0 Å². The molecule has 0 aliphatic rings. The van der Waals surface area contributed by atoms with Gasteiger partial charge in [-0.2, -0.15) is 0 Å². The third-order valence-corrected chi connectivity index (χ3v) is 1.93. The number of rotatable bonds is 2. The van der Waals surface area contributed by atoms with Crippen LogP contribution in [0.4, 0.5) is 10.8 Å². The molecule has 5 heteroatoms. The second-order valence-electron chi connectivity index (χ2n) is 2.09. The van der Waals surface area contributed by atoms with Crippen molar-refractivity contribution in [3.8, 4) is 0 Å². The van der Waals surface area contributed by atoms with Crippen molar-refractivity contribution >= 4 is 22.2 Å². The summed E-state index contributed by atoms with van der Waals surface area (Å²) in [5.41, 5.74) is 0.854. The molecular weight excluding hydrogens is 172 g/mol. The first-order chi connectivity index (χ1) is 5.95.